The lowest BCUT2D eigenvalue weighted by atomic mass is 10.1. The first-order chi connectivity index (χ1) is 68.7. The Morgan fingerprint density at radius 3 is 0.973 bits per heavy atom. The molecular weight excluding hydrogens is 2030 g/mol. The SMILES string of the molecule is CC(C)S(=O)(=O)c1ccc(-c2cnc(N)c(-c3nnc(-c4ccc(CN)cc4)o3)n2)cc1.CC(C)S(=O)(=O)c1ccc(-c2cnc(N)c(-c3nnc(-c4ccc(CNC(=O)OC(C)(C)C)cc4)o3)n2)cc1.CC(C)S(=O)(=O)c1ccc(-c2cnc(N)c(C(=O)NN)n2)cc1.CC(C)S(=O)(=O)c1ccc(-c2cnc(N)c(C(=O)NNC(=O)c3ccc(CNC(=O)OC(C)(C)C)cc3)n2)cc1.COC(=O)c1nc(Br)cnc1N. The molecule has 146 heavy (non-hydrogen) atoms. The van der Waals surface area contributed by atoms with E-state index in [1.165, 1.54) is 74.5 Å². The van der Waals surface area contributed by atoms with Gasteiger partial charge in [0.2, 0.25) is 11.8 Å². The molecule has 0 atom stereocenters. The molecule has 0 fully saturated rings. The molecule has 0 spiro atoms. The van der Waals surface area contributed by atoms with Crippen LogP contribution in [0.2, 0.25) is 0 Å². The van der Waals surface area contributed by atoms with Crippen LogP contribution >= 0.6 is 15.9 Å². The number of anilines is 5. The Labute approximate surface area is 848 Å². The summed E-state index contributed by atoms with van der Waals surface area (Å²) >= 11 is 3.06. The topological polar surface area (TPSA) is 716 Å². The van der Waals surface area contributed by atoms with Gasteiger partial charge in [-0.15, -0.1) is 20.4 Å². The van der Waals surface area contributed by atoms with E-state index >= 15 is 0 Å². The average Bonchev–Trinajstić information content (AvgIpc) is 1.07. The smallest absolute Gasteiger partial charge is 0.407 e. The van der Waals surface area contributed by atoms with Crippen molar-refractivity contribution in [3.8, 4) is 91.1 Å². The van der Waals surface area contributed by atoms with Crippen molar-refractivity contribution in [3.63, 3.8) is 0 Å². The quantitative estimate of drug-likeness (QED) is 0.00831. The first-order valence-electron chi connectivity index (χ1n) is 44.2. The number of hydrogen-bond donors (Lipinski definition) is 12. The molecule has 766 valence electrons. The molecule has 0 aliphatic carbocycles. The number of hydrogen-bond acceptors (Lipinski definition) is 40. The van der Waals surface area contributed by atoms with Crippen LogP contribution in [0.3, 0.4) is 0 Å². The van der Waals surface area contributed by atoms with Crippen LogP contribution in [0, 0.1) is 0 Å². The number of methoxy groups -OCH3 is 1. The van der Waals surface area contributed by atoms with Gasteiger partial charge in [0.15, 0.2) is 96.9 Å². The molecular formula is C96H107BrN26O19S4. The number of benzene rings is 7. The van der Waals surface area contributed by atoms with E-state index in [1.807, 2.05) is 41.8 Å². The van der Waals surface area contributed by atoms with Crippen LogP contribution in [0.25, 0.3) is 91.1 Å². The normalized spacial score (nSPS) is 11.5. The number of sulfone groups is 4. The van der Waals surface area contributed by atoms with Crippen LogP contribution in [0.4, 0.5) is 38.7 Å². The van der Waals surface area contributed by atoms with Gasteiger partial charge in [0.25, 0.3) is 29.5 Å². The fourth-order valence-electron chi connectivity index (χ4n) is 12.3. The summed E-state index contributed by atoms with van der Waals surface area (Å²) in [4.78, 5) is 114. The van der Waals surface area contributed by atoms with E-state index < -0.39 is 107 Å². The number of amides is 5. The highest BCUT2D eigenvalue weighted by Crippen LogP contribution is 2.34. The predicted octanol–water partition coefficient (Wildman–Crippen LogP) is 11.9. The molecule has 0 radical (unpaired) electrons. The number of rotatable bonds is 25. The molecule has 50 heteroatoms. The number of nitrogen functional groups attached to an aromatic ring is 6. The summed E-state index contributed by atoms with van der Waals surface area (Å²) in [6.45, 7) is 24.6. The third-order valence-corrected chi connectivity index (χ3v) is 29.4. The van der Waals surface area contributed by atoms with Crippen LogP contribution in [0.15, 0.2) is 234 Å². The zero-order valence-electron chi connectivity index (χ0n) is 81.6. The highest BCUT2D eigenvalue weighted by Gasteiger charge is 2.29. The largest absolute Gasteiger partial charge is 0.464 e. The number of nitrogens with zero attached hydrogens (tertiary/aromatic N) is 14. The summed E-state index contributed by atoms with van der Waals surface area (Å²) in [7, 11) is -12.3. The molecule has 0 aliphatic rings. The predicted molar refractivity (Wildman–Crippen MR) is 547 cm³/mol. The van der Waals surface area contributed by atoms with Gasteiger partial charge in [-0.2, -0.15) is 0 Å². The van der Waals surface area contributed by atoms with Gasteiger partial charge in [-0.1, -0.05) is 84.9 Å². The van der Waals surface area contributed by atoms with Crippen molar-refractivity contribution in [2.45, 2.75) is 168 Å². The van der Waals surface area contributed by atoms with Crippen molar-refractivity contribution in [3.05, 3.63) is 245 Å². The summed E-state index contributed by atoms with van der Waals surface area (Å²) in [6.07, 6.45) is 6.11. The van der Waals surface area contributed by atoms with E-state index in [9.17, 15) is 62.4 Å². The minimum Gasteiger partial charge on any atom is -0.464 e. The first kappa shape index (κ1) is 112. The fraction of sp³-hybridized carbons (Fsp3) is 0.250. The van der Waals surface area contributed by atoms with Crippen LogP contribution in [-0.2, 0) is 73.2 Å². The third kappa shape index (κ3) is 29.5. The summed E-state index contributed by atoms with van der Waals surface area (Å²) in [5.74, 6) is 3.33. The van der Waals surface area contributed by atoms with E-state index in [2.05, 4.69) is 112 Å². The Bertz CT molecular complexity index is 7540. The summed E-state index contributed by atoms with van der Waals surface area (Å²) in [6, 6.07) is 46.2. The van der Waals surface area contributed by atoms with E-state index in [0.29, 0.717) is 68.5 Å². The van der Waals surface area contributed by atoms with Gasteiger partial charge in [0, 0.05) is 58.6 Å². The standard InChI is InChI=1S/C27H32N6O6S.C27H30N6O5S.C22H22N6O3S.C14H17N5O3S.C6H6BrN3O2/c1-16(2)40(37,38)20-12-10-18(11-13-20)21-15-29-23(28)22(31-21)25(35)33-32-24(34)19-8-6-17(7-9-19)14-30-26(36)39-27(3,4)5;1-16(2)39(35,36)20-12-10-18(11-13-20)21-15-29-23(28)22(31-21)25-33-32-24(37-25)19-8-6-17(7-9-19)14-30-26(34)38-27(3,4)5;1-13(2)32(29,30)17-9-7-15(8-10-17)18-12-25-20(24)19(26-18)22-28-27-21(31-22)16-5-3-14(11-23)4-6-16;1-8(2)23(21,22)10-5-3-9(4-6-10)11-7-17-13(15)12(18-11)14(20)19-16;1-12-6(11)4-5(8)9-2-3(7)10-4/h6-13,15-16H,14H2,1-5H3,(H2,28,29)(H,30,36)(H,32,34)(H,33,35);6-13,15-16H,14H2,1-5H3,(H2,28,29)(H,30,34);3-10,12-13H,11,23H2,1-2H3,(H2,24,25);3-8H,16H2,1-2H3,(H2,15,17)(H,19,20);2H,1H3,(H2,8,9). The van der Waals surface area contributed by atoms with Crippen LogP contribution < -0.4 is 67.2 Å². The summed E-state index contributed by atoms with van der Waals surface area (Å²) < 4.78 is 125. The zero-order chi connectivity index (χ0) is 107. The second-order valence-electron chi connectivity index (χ2n) is 34.6. The number of carbonyl (C=O) groups excluding carboxylic acids is 6. The molecule has 7 heterocycles. The molecule has 14 rings (SSSR count). The molecule has 0 saturated heterocycles. The maximum atomic E-state index is 12.7. The molecule has 7 aromatic carbocycles. The Kier molecular flexibility index (Phi) is 37.0. The van der Waals surface area contributed by atoms with Crippen molar-refractivity contribution < 1.29 is 85.5 Å². The maximum Gasteiger partial charge on any atom is 0.407 e. The van der Waals surface area contributed by atoms with Crippen molar-refractivity contribution in [2.24, 2.45) is 11.6 Å². The number of nitrogens with one attached hydrogen (secondary N) is 5. The fourth-order valence-corrected chi connectivity index (χ4v) is 16.8. The Balaban J connectivity index is 0.000000195. The molecule has 0 bridgehead atoms. The number of esters is 1. The molecule has 0 unspecified atom stereocenters. The minimum absolute atomic E-state index is 0.0203. The van der Waals surface area contributed by atoms with Crippen molar-refractivity contribution in [1.82, 2.24) is 97.1 Å². The Hall–Kier alpha value is -16.2. The van der Waals surface area contributed by atoms with Crippen molar-refractivity contribution in [2.75, 3.05) is 35.8 Å². The zero-order valence-corrected chi connectivity index (χ0v) is 86.4. The summed E-state index contributed by atoms with van der Waals surface area (Å²) in [5.41, 5.74) is 48.3. The Morgan fingerprint density at radius 1 is 0.363 bits per heavy atom. The molecule has 5 amide bonds. The Morgan fingerprint density at radius 2 is 0.651 bits per heavy atom. The van der Waals surface area contributed by atoms with Gasteiger partial charge in [0.05, 0.1) is 101 Å². The molecule has 7 aromatic heterocycles. The highest BCUT2D eigenvalue weighted by molar-refractivity contribution is 9.10. The second kappa shape index (κ2) is 48.3. The lowest BCUT2D eigenvalue weighted by Crippen LogP contribution is -2.42. The average molecular weight is 2140 g/mol. The van der Waals surface area contributed by atoms with Gasteiger partial charge in [-0.3, -0.25) is 30.7 Å². The van der Waals surface area contributed by atoms with Crippen LogP contribution in [0.1, 0.15) is 155 Å². The number of hydrazine groups is 2. The monoisotopic (exact) mass is 2130 g/mol. The number of nitrogens with two attached hydrogens (primary N) is 7. The lowest BCUT2D eigenvalue weighted by molar-refractivity contribution is 0.0512. The van der Waals surface area contributed by atoms with Crippen molar-refractivity contribution in [1.29, 1.82) is 0 Å². The van der Waals surface area contributed by atoms with Crippen LogP contribution in [-0.4, -0.2) is 179 Å². The molecule has 14 aromatic rings. The number of aromatic nitrogens is 14. The molecule has 0 aliphatic heterocycles. The van der Waals surface area contributed by atoms with Crippen LogP contribution in [0.5, 0.6) is 0 Å². The van der Waals surface area contributed by atoms with Gasteiger partial charge in [0.1, 0.15) is 15.8 Å². The third-order valence-electron chi connectivity index (χ3n) is 20.4. The van der Waals surface area contributed by atoms with E-state index in [4.69, 9.17) is 58.6 Å². The first-order valence-corrected chi connectivity index (χ1v) is 51.1. The highest BCUT2D eigenvalue weighted by atomic mass is 79.9. The molecule has 45 nitrogen and oxygen atoms in total. The van der Waals surface area contributed by atoms with Crippen molar-refractivity contribution >= 4 is 120 Å². The number of carbonyl (C=O) groups is 6. The molecule has 0 saturated carbocycles. The second-order valence-corrected chi connectivity index (χ2v) is 45.4. The van der Waals surface area contributed by atoms with E-state index in [0.717, 1.165) is 22.3 Å². The van der Waals surface area contributed by atoms with Gasteiger partial charge in [-0.05, 0) is 214 Å². The number of halogens is 1. The number of alkyl carbamates (subject to hydrolysis) is 2. The van der Waals surface area contributed by atoms with Gasteiger partial charge in [-0.25, -0.2) is 104 Å². The van der Waals surface area contributed by atoms with Gasteiger partial charge >= 0.3 is 18.2 Å². The molecule has 19 N–H and O–H groups in total. The minimum atomic E-state index is -3.44. The lowest BCUT2D eigenvalue weighted by Gasteiger charge is -2.19. The van der Waals surface area contributed by atoms with E-state index in [1.54, 1.807) is 194 Å². The maximum absolute atomic E-state index is 12.7. The van der Waals surface area contributed by atoms with Gasteiger partial charge < -0.3 is 68.1 Å². The summed E-state index contributed by atoms with van der Waals surface area (Å²) in [5, 5.41) is 19.6. The van der Waals surface area contributed by atoms with E-state index in [-0.39, 0.29) is 113 Å². The number of ether oxygens (including phenoxy) is 3.